The molecule has 0 bridgehead atoms. The molecule has 44 heavy (non-hydrogen) atoms. The van der Waals surface area contributed by atoms with Crippen LogP contribution in [0.1, 0.15) is 29.8 Å². The van der Waals surface area contributed by atoms with Crippen molar-refractivity contribution >= 4 is 52.6 Å². The second-order valence-corrected chi connectivity index (χ2v) is 11.4. The van der Waals surface area contributed by atoms with E-state index in [2.05, 4.69) is 16.0 Å². The summed E-state index contributed by atoms with van der Waals surface area (Å²) in [5.41, 5.74) is 3.43. The molecule has 0 spiro atoms. The number of hydrogen-bond donors (Lipinski definition) is 3. The van der Waals surface area contributed by atoms with E-state index in [4.69, 9.17) is 4.74 Å². The first kappa shape index (κ1) is 31.9. The number of nitrogens with one attached hydrogen (secondary N) is 3. The molecule has 8 nitrogen and oxygen atoms in total. The molecule has 0 saturated heterocycles. The first-order chi connectivity index (χ1) is 21.2. The smallest absolute Gasteiger partial charge is 0.272 e. The van der Waals surface area contributed by atoms with Gasteiger partial charge in [0, 0.05) is 35.9 Å². The number of amides is 3. The van der Waals surface area contributed by atoms with E-state index in [1.54, 1.807) is 54.6 Å². The Hall–Kier alpha value is -5.02. The van der Waals surface area contributed by atoms with Gasteiger partial charge in [-0.15, -0.1) is 11.8 Å². The molecule has 226 valence electrons. The van der Waals surface area contributed by atoms with Crippen LogP contribution in [0, 0.1) is 0 Å². The van der Waals surface area contributed by atoms with E-state index in [-0.39, 0.29) is 11.6 Å². The summed E-state index contributed by atoms with van der Waals surface area (Å²) in [5, 5.41) is 8.17. The highest BCUT2D eigenvalue weighted by atomic mass is 32.2. The van der Waals surface area contributed by atoms with Crippen molar-refractivity contribution in [2.45, 2.75) is 24.0 Å². The second-order valence-electron chi connectivity index (χ2n) is 10.0. The van der Waals surface area contributed by atoms with Gasteiger partial charge >= 0.3 is 0 Å². The maximum absolute atomic E-state index is 13.5. The molecule has 4 aromatic rings. The van der Waals surface area contributed by atoms with Crippen LogP contribution < -0.4 is 25.6 Å². The predicted octanol–water partition coefficient (Wildman–Crippen LogP) is 6.68. The van der Waals surface area contributed by atoms with E-state index in [0.29, 0.717) is 29.3 Å². The fourth-order valence-electron chi connectivity index (χ4n) is 4.17. The quantitative estimate of drug-likeness (QED) is 0.123. The minimum atomic E-state index is -0.480. The molecule has 0 aliphatic carbocycles. The third kappa shape index (κ3) is 8.99. The van der Waals surface area contributed by atoms with Gasteiger partial charge in [0.2, 0.25) is 5.91 Å². The van der Waals surface area contributed by atoms with Crippen molar-refractivity contribution < 1.29 is 19.1 Å². The van der Waals surface area contributed by atoms with Crippen molar-refractivity contribution in [2.24, 2.45) is 0 Å². The van der Waals surface area contributed by atoms with E-state index in [9.17, 15) is 14.4 Å². The fraction of sp³-hybridized carbons (Fsp3) is 0.171. The number of benzene rings is 4. The van der Waals surface area contributed by atoms with Gasteiger partial charge < -0.3 is 25.6 Å². The summed E-state index contributed by atoms with van der Waals surface area (Å²) in [7, 11) is 3.90. The lowest BCUT2D eigenvalue weighted by Gasteiger charge is -2.16. The average Bonchev–Trinajstić information content (AvgIpc) is 3.02. The Morgan fingerprint density at radius 1 is 0.864 bits per heavy atom. The Morgan fingerprint density at radius 2 is 1.57 bits per heavy atom. The third-order valence-corrected chi connectivity index (χ3v) is 7.56. The van der Waals surface area contributed by atoms with E-state index in [1.165, 1.54) is 11.8 Å². The van der Waals surface area contributed by atoms with Gasteiger partial charge in [-0.2, -0.15) is 0 Å². The maximum atomic E-state index is 13.5. The summed E-state index contributed by atoms with van der Waals surface area (Å²) in [6.07, 6.45) is 1.64. The lowest BCUT2D eigenvalue weighted by molar-refractivity contribution is -0.115. The molecule has 1 atom stereocenters. The van der Waals surface area contributed by atoms with Crippen LogP contribution in [-0.2, 0) is 9.59 Å². The van der Waals surface area contributed by atoms with Crippen LogP contribution in [0.3, 0.4) is 0 Å². The van der Waals surface area contributed by atoms with Gasteiger partial charge in [0.25, 0.3) is 11.8 Å². The summed E-state index contributed by atoms with van der Waals surface area (Å²) in [5.74, 6) is -0.439. The van der Waals surface area contributed by atoms with E-state index < -0.39 is 17.1 Å². The second kappa shape index (κ2) is 15.5. The zero-order valence-corrected chi connectivity index (χ0v) is 26.0. The fourth-order valence-corrected chi connectivity index (χ4v) is 5.09. The molecule has 1 unspecified atom stereocenters. The molecule has 0 radical (unpaired) electrons. The Kier molecular flexibility index (Phi) is 11.2. The molecule has 3 amide bonds. The largest absolute Gasteiger partial charge is 0.492 e. The number of carbonyl (C=O) groups is 3. The molecule has 0 aromatic heterocycles. The average molecular weight is 609 g/mol. The lowest BCUT2D eigenvalue weighted by Crippen LogP contribution is -2.30. The number of hydrogen-bond acceptors (Lipinski definition) is 6. The number of anilines is 3. The van der Waals surface area contributed by atoms with Crippen LogP contribution >= 0.6 is 11.8 Å². The molecule has 0 fully saturated rings. The minimum Gasteiger partial charge on any atom is -0.492 e. The number of para-hydroxylation sites is 2. The number of ether oxygens (including phenoxy) is 1. The Labute approximate surface area is 262 Å². The van der Waals surface area contributed by atoms with Gasteiger partial charge in [-0.05, 0) is 80.1 Å². The van der Waals surface area contributed by atoms with Crippen molar-refractivity contribution in [3.05, 3.63) is 120 Å². The Bertz CT molecular complexity index is 1620. The van der Waals surface area contributed by atoms with Gasteiger partial charge in [-0.1, -0.05) is 48.5 Å². The first-order valence-electron chi connectivity index (χ1n) is 14.2. The number of thioether (sulfide) groups is 1. The molecular formula is C35H36N4O4S. The standard InChI is InChI=1S/C35H36N4O4S/c1-5-43-32-17-10-9-16-30(32)37-33(40)24(2)44-29-15-11-14-27(23-29)36-35(42)31(38-34(41)26-12-7-6-8-13-26)22-25-18-20-28(21-19-25)39(3)4/h6-24H,5H2,1-4H3,(H,36,42)(H,37,40)(H,38,41)/b31-22+. The SMILES string of the molecule is CCOc1ccccc1NC(=O)C(C)Sc1cccc(NC(=O)/C(=C\c2ccc(N(C)C)cc2)NC(=O)c2ccccc2)c1. The summed E-state index contributed by atoms with van der Waals surface area (Å²) >= 11 is 1.36. The monoisotopic (exact) mass is 608 g/mol. The zero-order chi connectivity index (χ0) is 31.5. The van der Waals surface area contributed by atoms with E-state index in [1.807, 2.05) is 87.4 Å². The van der Waals surface area contributed by atoms with E-state index in [0.717, 1.165) is 16.1 Å². The highest BCUT2D eigenvalue weighted by Crippen LogP contribution is 2.29. The molecule has 0 heterocycles. The van der Waals surface area contributed by atoms with E-state index >= 15 is 0 Å². The Morgan fingerprint density at radius 3 is 2.27 bits per heavy atom. The van der Waals surface area contributed by atoms with Crippen LogP contribution in [0.4, 0.5) is 17.1 Å². The van der Waals surface area contributed by atoms with Gasteiger partial charge in [0.15, 0.2) is 0 Å². The molecule has 0 aliphatic rings. The molecule has 0 aliphatic heterocycles. The minimum absolute atomic E-state index is 0.0928. The molecule has 3 N–H and O–H groups in total. The van der Waals surface area contributed by atoms with Crippen LogP contribution in [-0.4, -0.2) is 43.7 Å². The van der Waals surface area contributed by atoms with Gasteiger partial charge in [-0.3, -0.25) is 14.4 Å². The van der Waals surface area contributed by atoms with Crippen LogP contribution in [0.2, 0.25) is 0 Å². The zero-order valence-electron chi connectivity index (χ0n) is 25.2. The molecule has 4 rings (SSSR count). The summed E-state index contributed by atoms with van der Waals surface area (Å²) in [6, 6.07) is 30.9. The van der Waals surface area contributed by atoms with Crippen LogP contribution in [0.5, 0.6) is 5.75 Å². The maximum Gasteiger partial charge on any atom is 0.272 e. The van der Waals surface area contributed by atoms with Crippen LogP contribution in [0.25, 0.3) is 6.08 Å². The highest BCUT2D eigenvalue weighted by molar-refractivity contribution is 8.00. The van der Waals surface area contributed by atoms with Crippen molar-refractivity contribution in [1.82, 2.24) is 5.32 Å². The van der Waals surface area contributed by atoms with Crippen molar-refractivity contribution in [3.8, 4) is 5.75 Å². The number of carbonyl (C=O) groups excluding carboxylic acids is 3. The van der Waals surface area contributed by atoms with Crippen molar-refractivity contribution in [1.29, 1.82) is 0 Å². The summed E-state index contributed by atoms with van der Waals surface area (Å²) in [6.45, 7) is 4.20. The predicted molar refractivity (Wildman–Crippen MR) is 179 cm³/mol. The van der Waals surface area contributed by atoms with Crippen molar-refractivity contribution in [2.75, 3.05) is 36.2 Å². The van der Waals surface area contributed by atoms with Crippen molar-refractivity contribution in [3.63, 3.8) is 0 Å². The summed E-state index contributed by atoms with van der Waals surface area (Å²) in [4.78, 5) is 42.2. The van der Waals surface area contributed by atoms with Gasteiger partial charge in [-0.25, -0.2) is 0 Å². The molecular weight excluding hydrogens is 572 g/mol. The summed E-state index contributed by atoms with van der Waals surface area (Å²) < 4.78 is 5.61. The van der Waals surface area contributed by atoms with Crippen LogP contribution in [0.15, 0.2) is 114 Å². The number of rotatable bonds is 12. The van der Waals surface area contributed by atoms with Gasteiger partial charge in [0.1, 0.15) is 11.4 Å². The Balaban J connectivity index is 1.48. The normalized spacial score (nSPS) is 11.7. The molecule has 9 heteroatoms. The number of nitrogens with zero attached hydrogens (tertiary/aromatic N) is 1. The third-order valence-electron chi connectivity index (χ3n) is 6.47. The van der Waals surface area contributed by atoms with Gasteiger partial charge in [0.05, 0.1) is 17.5 Å². The topological polar surface area (TPSA) is 99.8 Å². The lowest BCUT2D eigenvalue weighted by atomic mass is 10.1. The highest BCUT2D eigenvalue weighted by Gasteiger charge is 2.18. The first-order valence-corrected chi connectivity index (χ1v) is 15.1. The molecule has 4 aromatic carbocycles. The molecule has 0 saturated carbocycles.